The van der Waals surface area contributed by atoms with Crippen molar-refractivity contribution in [1.82, 2.24) is 0 Å². The fraction of sp³-hybridized carbons (Fsp3) is 0.667. The van der Waals surface area contributed by atoms with Crippen molar-refractivity contribution >= 4 is 74.7 Å². The van der Waals surface area contributed by atoms with Gasteiger partial charge in [-0.2, -0.15) is 0 Å². The van der Waals surface area contributed by atoms with Gasteiger partial charge in [-0.3, -0.25) is 0 Å². The third-order valence-electron chi connectivity index (χ3n) is 7.16. The quantitative estimate of drug-likeness (QED) is 0.123. The highest BCUT2D eigenvalue weighted by Crippen LogP contribution is 2.45. The number of thiophene rings is 2. The molecule has 1 aromatic carbocycles. The first-order valence-electron chi connectivity index (χ1n) is 14.0. The van der Waals surface area contributed by atoms with Gasteiger partial charge in [0.25, 0.3) is 0 Å². The molecule has 34 heavy (non-hydrogen) atoms. The summed E-state index contributed by atoms with van der Waals surface area (Å²) < 4.78 is 5.66. The van der Waals surface area contributed by atoms with Crippen LogP contribution in [-0.2, 0) is 12.8 Å². The minimum absolute atomic E-state index is 1.22. The largest absolute Gasteiger partial charge is 0.128 e. The van der Waals surface area contributed by atoms with Crippen molar-refractivity contribution in [3.05, 3.63) is 30.8 Å². The zero-order chi connectivity index (χ0) is 24.2. The molecule has 0 fully saturated rings. The lowest BCUT2D eigenvalue weighted by Crippen LogP contribution is -1.93. The van der Waals surface area contributed by atoms with Gasteiger partial charge >= 0.3 is 0 Å². The molecule has 0 unspecified atom stereocenters. The average molecular weight is 629 g/mol. The normalized spacial score (nSPS) is 11.9. The number of hydrogen-bond acceptors (Lipinski definition) is 2. The van der Waals surface area contributed by atoms with Gasteiger partial charge in [-0.1, -0.05) is 104 Å². The number of halogens is 2. The van der Waals surface area contributed by atoms with Crippen molar-refractivity contribution in [2.24, 2.45) is 0 Å². The first-order valence-corrected chi connectivity index (χ1v) is 17.2. The molecule has 0 bridgehead atoms. The second-order valence-electron chi connectivity index (χ2n) is 9.99. The Morgan fingerprint density at radius 3 is 1.18 bits per heavy atom. The van der Waals surface area contributed by atoms with E-state index in [2.05, 4.69) is 57.8 Å². The van der Waals surface area contributed by atoms with Crippen molar-refractivity contribution in [1.29, 1.82) is 0 Å². The molecule has 0 spiro atoms. The highest BCUT2D eigenvalue weighted by Gasteiger charge is 2.18. The summed E-state index contributed by atoms with van der Waals surface area (Å²) in [5.74, 6) is 0. The monoisotopic (exact) mass is 626 g/mol. The lowest BCUT2D eigenvalue weighted by molar-refractivity contribution is 0.576. The van der Waals surface area contributed by atoms with E-state index in [0.29, 0.717) is 0 Å². The maximum absolute atomic E-state index is 3.83. The van der Waals surface area contributed by atoms with Crippen LogP contribution in [-0.4, -0.2) is 0 Å². The summed E-state index contributed by atoms with van der Waals surface area (Å²) in [4.78, 5) is 0. The van der Waals surface area contributed by atoms with Gasteiger partial charge in [0.2, 0.25) is 0 Å². The summed E-state index contributed by atoms with van der Waals surface area (Å²) in [5.41, 5.74) is 3.21. The Morgan fingerprint density at radius 1 is 0.500 bits per heavy atom. The molecule has 0 atom stereocenters. The predicted octanol–water partition coefficient (Wildman–Crippen LogP) is 13.0. The van der Waals surface area contributed by atoms with Crippen LogP contribution in [0.1, 0.15) is 128 Å². The van der Waals surface area contributed by atoms with E-state index in [0.717, 1.165) is 0 Å². The number of rotatable bonds is 18. The second kappa shape index (κ2) is 16.0. The van der Waals surface area contributed by atoms with Gasteiger partial charge in [-0.25, -0.2) is 0 Å². The summed E-state index contributed by atoms with van der Waals surface area (Å²) in [6.07, 6.45) is 24.6. The maximum Gasteiger partial charge on any atom is 0.0711 e. The van der Waals surface area contributed by atoms with Crippen LogP contribution in [0.15, 0.2) is 19.7 Å². The molecule has 0 aliphatic heterocycles. The predicted molar refractivity (Wildman–Crippen MR) is 165 cm³/mol. The van der Waals surface area contributed by atoms with Crippen LogP contribution in [0.3, 0.4) is 0 Å². The van der Waals surface area contributed by atoms with Crippen LogP contribution >= 0.6 is 54.5 Å². The van der Waals surface area contributed by atoms with Crippen LogP contribution in [0.2, 0.25) is 0 Å². The topological polar surface area (TPSA) is 0 Å². The van der Waals surface area contributed by atoms with E-state index >= 15 is 0 Å². The molecule has 4 heteroatoms. The standard InChI is InChI=1S/C30H44Br2S2/c1-3-5-7-9-11-13-15-17-19-23-25-21-27(31)34-30(25)24(26-22-28(32)33-29(23)26)20-18-16-14-12-10-8-6-4-2/h21-22H,3-20H2,1-2H3. The molecule has 3 aromatic rings. The van der Waals surface area contributed by atoms with E-state index in [1.165, 1.54) is 134 Å². The molecule has 0 saturated heterocycles. The van der Waals surface area contributed by atoms with Gasteiger partial charge in [0.05, 0.1) is 7.57 Å². The molecule has 0 aliphatic carbocycles. The third-order valence-corrected chi connectivity index (χ3v) is 10.6. The molecule has 0 N–H and O–H groups in total. The third kappa shape index (κ3) is 8.60. The van der Waals surface area contributed by atoms with Gasteiger partial charge in [-0.05, 0) is 91.6 Å². The molecule has 2 aromatic heterocycles. The Morgan fingerprint density at radius 2 is 0.824 bits per heavy atom. The Labute approximate surface area is 233 Å². The summed E-state index contributed by atoms with van der Waals surface area (Å²) in [7, 11) is 0. The number of hydrogen-bond donors (Lipinski definition) is 0. The van der Waals surface area contributed by atoms with Gasteiger partial charge in [0, 0.05) is 9.40 Å². The minimum Gasteiger partial charge on any atom is -0.128 e. The molecule has 3 rings (SSSR count). The van der Waals surface area contributed by atoms with E-state index in [-0.39, 0.29) is 0 Å². The second-order valence-corrected chi connectivity index (χ2v) is 14.9. The molecule has 0 amide bonds. The van der Waals surface area contributed by atoms with Crippen LogP contribution in [0.5, 0.6) is 0 Å². The summed E-state index contributed by atoms with van der Waals surface area (Å²) >= 11 is 11.6. The van der Waals surface area contributed by atoms with Crippen molar-refractivity contribution in [3.63, 3.8) is 0 Å². The maximum atomic E-state index is 3.83. The molecular weight excluding hydrogens is 584 g/mol. The zero-order valence-electron chi connectivity index (χ0n) is 21.5. The molecule has 0 radical (unpaired) electrons. The Bertz CT molecular complexity index is 852. The molecular formula is C30H44Br2S2. The Hall–Kier alpha value is 0.1000. The fourth-order valence-corrected chi connectivity index (χ4v) is 8.66. The lowest BCUT2D eigenvalue weighted by atomic mass is 9.95. The van der Waals surface area contributed by atoms with Crippen molar-refractivity contribution in [3.8, 4) is 0 Å². The Balaban J connectivity index is 1.64. The van der Waals surface area contributed by atoms with E-state index in [4.69, 9.17) is 0 Å². The van der Waals surface area contributed by atoms with Gasteiger partial charge in [0.15, 0.2) is 0 Å². The Kier molecular flexibility index (Phi) is 13.5. The minimum atomic E-state index is 1.22. The number of fused-ring (bicyclic) bond motifs is 2. The molecule has 0 aliphatic rings. The lowest BCUT2D eigenvalue weighted by Gasteiger charge is -2.12. The molecule has 2 heterocycles. The van der Waals surface area contributed by atoms with Crippen molar-refractivity contribution < 1.29 is 0 Å². The van der Waals surface area contributed by atoms with Crippen LogP contribution < -0.4 is 0 Å². The average Bonchev–Trinajstić information content (AvgIpc) is 3.40. The first kappa shape index (κ1) is 28.7. The summed E-state index contributed by atoms with van der Waals surface area (Å²) in [6.45, 7) is 4.60. The van der Waals surface area contributed by atoms with Crippen molar-refractivity contribution in [2.45, 2.75) is 129 Å². The molecule has 0 saturated carbocycles. The summed E-state index contributed by atoms with van der Waals surface area (Å²) in [5, 5.41) is 3.05. The van der Waals surface area contributed by atoms with Gasteiger partial charge in [-0.15, -0.1) is 22.7 Å². The van der Waals surface area contributed by atoms with Crippen molar-refractivity contribution in [2.75, 3.05) is 0 Å². The van der Waals surface area contributed by atoms with Crippen LogP contribution in [0.4, 0.5) is 0 Å². The van der Waals surface area contributed by atoms with Gasteiger partial charge < -0.3 is 0 Å². The summed E-state index contributed by atoms with van der Waals surface area (Å²) in [6, 6.07) is 4.81. The smallest absolute Gasteiger partial charge is 0.0711 e. The van der Waals surface area contributed by atoms with Crippen LogP contribution in [0, 0.1) is 0 Å². The molecule has 190 valence electrons. The number of aryl methyl sites for hydroxylation is 2. The van der Waals surface area contributed by atoms with E-state index in [1.54, 1.807) is 20.5 Å². The van der Waals surface area contributed by atoms with E-state index in [9.17, 15) is 0 Å². The fourth-order valence-electron chi connectivity index (χ4n) is 5.23. The zero-order valence-corrected chi connectivity index (χ0v) is 26.3. The SMILES string of the molecule is CCCCCCCCCCc1c2cc(Br)sc2c(CCCCCCCCCC)c2cc(Br)sc12. The first-order chi connectivity index (χ1) is 16.7. The number of benzene rings is 1. The van der Waals surface area contributed by atoms with E-state index < -0.39 is 0 Å². The highest BCUT2D eigenvalue weighted by molar-refractivity contribution is 9.11. The highest BCUT2D eigenvalue weighted by atomic mass is 79.9. The number of unbranched alkanes of at least 4 members (excludes halogenated alkanes) is 14. The molecule has 0 nitrogen and oxygen atoms in total. The van der Waals surface area contributed by atoms with Crippen LogP contribution in [0.25, 0.3) is 20.2 Å². The van der Waals surface area contributed by atoms with Gasteiger partial charge in [0.1, 0.15) is 0 Å². The van der Waals surface area contributed by atoms with E-state index in [1.807, 2.05) is 22.7 Å².